The summed E-state index contributed by atoms with van der Waals surface area (Å²) in [4.78, 5) is 36.4. The number of para-hydroxylation sites is 1. The predicted octanol–water partition coefficient (Wildman–Crippen LogP) is 4.49. The van der Waals surface area contributed by atoms with Crippen molar-refractivity contribution in [1.29, 1.82) is 0 Å². The van der Waals surface area contributed by atoms with Crippen LogP contribution < -0.4 is 41.5 Å². The summed E-state index contributed by atoms with van der Waals surface area (Å²) in [5.41, 5.74) is 3.23. The van der Waals surface area contributed by atoms with E-state index in [1.807, 2.05) is 6.07 Å². The number of nitrogens with zero attached hydrogens (tertiary/aromatic N) is 6. The van der Waals surface area contributed by atoms with Gasteiger partial charge in [-0.25, -0.2) is 4.98 Å². The van der Waals surface area contributed by atoms with Crippen LogP contribution in [0, 0.1) is 0 Å². The van der Waals surface area contributed by atoms with Gasteiger partial charge in [0, 0.05) is 113 Å². The smallest absolute Gasteiger partial charge is 0.323 e. The summed E-state index contributed by atoms with van der Waals surface area (Å²) < 4.78 is 7.40. The largest absolute Gasteiger partial charge is 0.461 e. The van der Waals surface area contributed by atoms with Gasteiger partial charge in [-0.3, -0.25) is 4.79 Å². The molecular formula is C45H74CoN12O4S. The first-order valence-electron chi connectivity index (χ1n) is 22.8. The molecule has 1 radical (unpaired) electrons. The van der Waals surface area contributed by atoms with Crippen LogP contribution >= 0.6 is 11.3 Å². The number of likely N-dealkylation sites (N-methyl/N-ethyl adjacent to an activating group) is 1. The van der Waals surface area contributed by atoms with Crippen LogP contribution in [0.5, 0.6) is 6.01 Å². The summed E-state index contributed by atoms with van der Waals surface area (Å²) in [6, 6.07) is 17.3. The second-order valence-electron chi connectivity index (χ2n) is 16.1. The second kappa shape index (κ2) is 31.2. The number of nitrogens with one attached hydrogen (secondary N) is 6. The van der Waals surface area contributed by atoms with E-state index in [4.69, 9.17) is 19.7 Å². The van der Waals surface area contributed by atoms with Gasteiger partial charge in [0.15, 0.2) is 0 Å². The number of benzene rings is 2. The van der Waals surface area contributed by atoms with Crippen molar-refractivity contribution < 1.29 is 37.3 Å². The molecule has 1 aliphatic carbocycles. The Morgan fingerprint density at radius 3 is 2.06 bits per heavy atom. The number of fused-ring (bicyclic) bond motifs is 1. The van der Waals surface area contributed by atoms with Crippen LogP contribution in [0.4, 0.5) is 17.6 Å². The fraction of sp³-hybridized carbons (Fsp3) is 0.622. The molecular weight excluding hydrogens is 864 g/mol. The van der Waals surface area contributed by atoms with Crippen LogP contribution in [0.2, 0.25) is 0 Å². The third-order valence-electron chi connectivity index (χ3n) is 11.3. The maximum Gasteiger partial charge on any atom is 0.323 e. The SMILES string of the molecule is CN(CCOc1nc(NCCC(=O)NCCCN2CCNCCNCCNCC2)nc(NC2CCCCCCCCCCC2)n1)c1ccc(-c2nc3ccccc3s2)cc1.O.O.[Co]. The van der Waals surface area contributed by atoms with Crippen LogP contribution in [-0.4, -0.2) is 140 Å². The van der Waals surface area contributed by atoms with Crippen molar-refractivity contribution in [3.05, 3.63) is 48.5 Å². The molecule has 4 aromatic rings. The molecule has 0 bridgehead atoms. The minimum atomic E-state index is 0. The summed E-state index contributed by atoms with van der Waals surface area (Å²) in [6.45, 7) is 11.0. The quantitative estimate of drug-likeness (QED) is 0.0855. The van der Waals surface area contributed by atoms with Crippen molar-refractivity contribution in [2.24, 2.45) is 0 Å². The van der Waals surface area contributed by atoms with E-state index in [1.54, 1.807) is 11.3 Å². The van der Waals surface area contributed by atoms with Crippen LogP contribution in [-0.2, 0) is 21.6 Å². The number of carbonyl (C=O) groups excluding carboxylic acids is 1. The van der Waals surface area contributed by atoms with E-state index in [0.29, 0.717) is 50.6 Å². The van der Waals surface area contributed by atoms with Gasteiger partial charge in [0.05, 0.1) is 16.8 Å². The summed E-state index contributed by atoms with van der Waals surface area (Å²) in [6.07, 6.45) is 15.0. The molecule has 0 atom stereocenters. The number of ether oxygens (including phenoxy) is 1. The van der Waals surface area contributed by atoms with Gasteiger partial charge >= 0.3 is 6.01 Å². The van der Waals surface area contributed by atoms with Gasteiger partial charge in [0.25, 0.3) is 0 Å². The first kappa shape index (κ1) is 53.6. The van der Waals surface area contributed by atoms with E-state index in [1.165, 1.54) is 62.5 Å². The van der Waals surface area contributed by atoms with Crippen molar-refractivity contribution in [3.8, 4) is 16.6 Å². The minimum Gasteiger partial charge on any atom is -0.461 e. The van der Waals surface area contributed by atoms with Gasteiger partial charge in [-0.2, -0.15) is 15.0 Å². The molecule has 1 saturated carbocycles. The first-order chi connectivity index (χ1) is 29.6. The van der Waals surface area contributed by atoms with Gasteiger partial charge in [-0.15, -0.1) is 11.3 Å². The van der Waals surface area contributed by atoms with Crippen LogP contribution in [0.1, 0.15) is 83.5 Å². The third-order valence-corrected chi connectivity index (χ3v) is 12.4. The Hall–Kier alpha value is -3.72. The summed E-state index contributed by atoms with van der Waals surface area (Å²) in [7, 11) is 2.06. The normalized spacial score (nSPS) is 16.5. The molecule has 16 nitrogen and oxygen atoms in total. The van der Waals surface area contributed by atoms with Crippen LogP contribution in [0.3, 0.4) is 0 Å². The van der Waals surface area contributed by atoms with Crippen LogP contribution in [0.15, 0.2) is 48.5 Å². The molecule has 6 rings (SSSR count). The molecule has 3 heterocycles. The average Bonchev–Trinajstić information content (AvgIpc) is 3.69. The monoisotopic (exact) mass is 938 g/mol. The maximum atomic E-state index is 12.9. The Balaban J connectivity index is 0.00000352. The zero-order valence-corrected chi connectivity index (χ0v) is 39.2. The Bertz CT molecular complexity index is 1770. The molecule has 10 N–H and O–H groups in total. The summed E-state index contributed by atoms with van der Waals surface area (Å²) >= 11 is 1.71. The molecule has 353 valence electrons. The molecule has 63 heavy (non-hydrogen) atoms. The van der Waals surface area contributed by atoms with E-state index in [-0.39, 0.29) is 39.6 Å². The molecule has 1 saturated heterocycles. The number of thiazole rings is 1. The van der Waals surface area contributed by atoms with Crippen molar-refractivity contribution >= 4 is 45.0 Å². The average molecular weight is 938 g/mol. The zero-order chi connectivity index (χ0) is 41.5. The van der Waals surface area contributed by atoms with Gasteiger partial charge in [0.2, 0.25) is 17.8 Å². The number of rotatable bonds is 16. The van der Waals surface area contributed by atoms with Crippen molar-refractivity contribution in [3.63, 3.8) is 0 Å². The maximum absolute atomic E-state index is 12.9. The molecule has 2 fully saturated rings. The summed E-state index contributed by atoms with van der Waals surface area (Å²) in [5.74, 6) is 0.947. The molecule has 18 heteroatoms. The molecule has 0 spiro atoms. The van der Waals surface area contributed by atoms with Crippen LogP contribution in [0.25, 0.3) is 20.8 Å². The van der Waals surface area contributed by atoms with Crippen molar-refractivity contribution in [2.45, 2.75) is 89.5 Å². The topological polar surface area (TPSA) is 220 Å². The minimum absolute atomic E-state index is 0. The zero-order valence-electron chi connectivity index (χ0n) is 37.3. The van der Waals surface area contributed by atoms with Gasteiger partial charge in [0.1, 0.15) is 11.6 Å². The Morgan fingerprint density at radius 2 is 1.40 bits per heavy atom. The molecule has 1 aliphatic heterocycles. The van der Waals surface area contributed by atoms with Gasteiger partial charge in [-0.05, 0) is 62.2 Å². The number of carbonyl (C=O) groups is 1. The van der Waals surface area contributed by atoms with E-state index in [9.17, 15) is 4.79 Å². The number of anilines is 3. The molecule has 1 amide bonds. The van der Waals surface area contributed by atoms with E-state index < -0.39 is 0 Å². The number of aromatic nitrogens is 4. The fourth-order valence-corrected chi connectivity index (χ4v) is 8.73. The number of amides is 1. The Labute approximate surface area is 389 Å². The first-order valence-corrected chi connectivity index (χ1v) is 23.6. The van der Waals surface area contributed by atoms with Gasteiger partial charge in [-0.1, -0.05) is 69.9 Å². The molecule has 0 unspecified atom stereocenters. The van der Waals surface area contributed by atoms with E-state index >= 15 is 0 Å². The Kier molecular flexibility index (Phi) is 26.6. The second-order valence-corrected chi connectivity index (χ2v) is 17.2. The molecule has 2 aromatic carbocycles. The van der Waals surface area contributed by atoms with Crippen molar-refractivity contribution in [1.82, 2.24) is 46.1 Å². The fourth-order valence-electron chi connectivity index (χ4n) is 7.76. The molecule has 2 aliphatic rings. The third kappa shape index (κ3) is 19.9. The standard InChI is InChI=1S/C45H70N12O2S.Co.2H2O/c1-56(38-20-18-36(19-21-38)42-52-39-16-11-12-17-40(39)60-42)34-35-59-45-54-43(53-44(55-45)51-37-14-9-7-5-3-2-4-6-8-10-15-37)50-24-22-41(58)49-23-13-31-57-32-29-47-27-25-46-26-28-48-30-33-57;;;/h11-12,16-21,37,46-48H,2-10,13-15,22-35H2,1H3,(H,49,58)(H2,50,51,53,54,55);;2*1H2. The van der Waals surface area contributed by atoms with E-state index in [0.717, 1.165) is 99.9 Å². The number of hydrogen-bond donors (Lipinski definition) is 6. The number of hydrogen-bond acceptors (Lipinski definition) is 14. The summed E-state index contributed by atoms with van der Waals surface area (Å²) in [5, 5.41) is 21.6. The molecule has 2 aromatic heterocycles. The van der Waals surface area contributed by atoms with E-state index in [2.05, 4.69) is 96.2 Å². The van der Waals surface area contributed by atoms with Crippen molar-refractivity contribution in [2.75, 3.05) is 108 Å². The van der Waals surface area contributed by atoms with Gasteiger partial charge < -0.3 is 57.4 Å². The Morgan fingerprint density at radius 1 is 0.778 bits per heavy atom. The predicted molar refractivity (Wildman–Crippen MR) is 255 cm³/mol.